The van der Waals surface area contributed by atoms with Crippen LogP contribution in [0.4, 0.5) is 5.13 Å². The number of hydrogen-bond donors (Lipinski definition) is 2. The van der Waals surface area contributed by atoms with Crippen LogP contribution in [0.15, 0.2) is 24.3 Å². The van der Waals surface area contributed by atoms with Crippen LogP contribution >= 0.6 is 11.3 Å². The lowest BCUT2D eigenvalue weighted by atomic mass is 10.2. The van der Waals surface area contributed by atoms with Gasteiger partial charge < -0.3 is 11.1 Å². The van der Waals surface area contributed by atoms with Gasteiger partial charge in [0.05, 0.1) is 10.2 Å². The summed E-state index contributed by atoms with van der Waals surface area (Å²) < 4.78 is 1.21. The Morgan fingerprint density at radius 2 is 2.27 bits per heavy atom. The zero-order chi connectivity index (χ0) is 10.7. The third kappa shape index (κ3) is 2.46. The lowest BCUT2D eigenvalue weighted by Gasteiger charge is -2.08. The Bertz CT molecular complexity index is 405. The standard InChI is InChI=1S/C11H15N3S/c1-2-8(12)7-13-11-14-9-5-3-4-6-10(9)15-11/h3-6,8H,2,7,12H2,1H3,(H,13,14). The molecule has 0 aliphatic heterocycles. The molecule has 80 valence electrons. The van der Waals surface area contributed by atoms with E-state index in [1.807, 2.05) is 18.2 Å². The van der Waals surface area contributed by atoms with Gasteiger partial charge in [-0.3, -0.25) is 0 Å². The molecular formula is C11H15N3S. The Hall–Kier alpha value is -1.13. The van der Waals surface area contributed by atoms with Crippen molar-refractivity contribution >= 4 is 26.7 Å². The normalized spacial score (nSPS) is 12.9. The second-order valence-electron chi connectivity index (χ2n) is 3.54. The van der Waals surface area contributed by atoms with Crippen molar-refractivity contribution in [3.8, 4) is 0 Å². The second-order valence-corrected chi connectivity index (χ2v) is 4.57. The van der Waals surface area contributed by atoms with Gasteiger partial charge in [0.25, 0.3) is 0 Å². The molecule has 1 aromatic carbocycles. The highest BCUT2D eigenvalue weighted by molar-refractivity contribution is 7.22. The van der Waals surface area contributed by atoms with E-state index in [0.717, 1.165) is 23.6 Å². The summed E-state index contributed by atoms with van der Waals surface area (Å²) in [5.41, 5.74) is 6.88. The highest BCUT2D eigenvalue weighted by atomic mass is 32.1. The van der Waals surface area contributed by atoms with Gasteiger partial charge in [-0.25, -0.2) is 4.98 Å². The lowest BCUT2D eigenvalue weighted by Crippen LogP contribution is -2.27. The first-order valence-corrected chi connectivity index (χ1v) is 5.96. The monoisotopic (exact) mass is 221 g/mol. The van der Waals surface area contributed by atoms with Crippen LogP contribution in [0, 0.1) is 0 Å². The Morgan fingerprint density at radius 1 is 1.47 bits per heavy atom. The fourth-order valence-corrected chi connectivity index (χ4v) is 2.18. The molecule has 1 aromatic heterocycles. The molecule has 0 spiro atoms. The summed E-state index contributed by atoms with van der Waals surface area (Å²) in [5.74, 6) is 0. The molecule has 0 bridgehead atoms. The number of benzene rings is 1. The summed E-state index contributed by atoms with van der Waals surface area (Å²) in [6.45, 7) is 2.88. The number of nitrogens with zero attached hydrogens (tertiary/aromatic N) is 1. The van der Waals surface area contributed by atoms with Gasteiger partial charge in [0.15, 0.2) is 5.13 Å². The lowest BCUT2D eigenvalue weighted by molar-refractivity contribution is 0.679. The number of para-hydroxylation sites is 1. The summed E-state index contributed by atoms with van der Waals surface area (Å²) in [6, 6.07) is 8.34. The Kier molecular flexibility index (Phi) is 3.18. The van der Waals surface area contributed by atoms with E-state index < -0.39 is 0 Å². The first kappa shape index (κ1) is 10.4. The molecule has 0 fully saturated rings. The fourth-order valence-electron chi connectivity index (χ4n) is 1.31. The molecule has 0 aliphatic carbocycles. The predicted octanol–water partition coefficient (Wildman–Crippen LogP) is 2.45. The van der Waals surface area contributed by atoms with Gasteiger partial charge in [-0.05, 0) is 18.6 Å². The van der Waals surface area contributed by atoms with Crippen LogP contribution in [0.1, 0.15) is 13.3 Å². The number of thiazole rings is 1. The number of hydrogen-bond acceptors (Lipinski definition) is 4. The van der Waals surface area contributed by atoms with Gasteiger partial charge in [0.1, 0.15) is 0 Å². The van der Waals surface area contributed by atoms with Crippen LogP contribution in [-0.4, -0.2) is 17.6 Å². The molecule has 0 saturated carbocycles. The molecule has 1 unspecified atom stereocenters. The molecule has 0 aliphatic rings. The van der Waals surface area contributed by atoms with Gasteiger partial charge >= 0.3 is 0 Å². The van der Waals surface area contributed by atoms with E-state index in [1.54, 1.807) is 11.3 Å². The van der Waals surface area contributed by atoms with E-state index in [1.165, 1.54) is 4.70 Å². The maximum absolute atomic E-state index is 5.83. The van der Waals surface area contributed by atoms with Crippen molar-refractivity contribution < 1.29 is 0 Å². The van der Waals surface area contributed by atoms with Gasteiger partial charge in [0, 0.05) is 12.6 Å². The van der Waals surface area contributed by atoms with Crippen LogP contribution in [-0.2, 0) is 0 Å². The quantitative estimate of drug-likeness (QED) is 0.833. The summed E-state index contributed by atoms with van der Waals surface area (Å²) in [6.07, 6.45) is 0.984. The van der Waals surface area contributed by atoms with Gasteiger partial charge in [-0.1, -0.05) is 30.4 Å². The molecule has 0 radical (unpaired) electrons. The van der Waals surface area contributed by atoms with Crippen molar-refractivity contribution in [1.82, 2.24) is 4.98 Å². The number of rotatable bonds is 4. The summed E-state index contributed by atoms with van der Waals surface area (Å²) in [7, 11) is 0. The molecule has 3 nitrogen and oxygen atoms in total. The van der Waals surface area contributed by atoms with Crippen LogP contribution < -0.4 is 11.1 Å². The largest absolute Gasteiger partial charge is 0.360 e. The van der Waals surface area contributed by atoms with Crippen LogP contribution in [0.25, 0.3) is 10.2 Å². The van der Waals surface area contributed by atoms with E-state index in [2.05, 4.69) is 23.3 Å². The Balaban J connectivity index is 2.09. The van der Waals surface area contributed by atoms with E-state index >= 15 is 0 Å². The number of nitrogens with one attached hydrogen (secondary N) is 1. The smallest absolute Gasteiger partial charge is 0.183 e. The minimum atomic E-state index is 0.206. The summed E-state index contributed by atoms with van der Waals surface area (Å²) in [4.78, 5) is 4.47. The first-order valence-electron chi connectivity index (χ1n) is 5.14. The SMILES string of the molecule is CCC(N)CNc1nc2ccccc2s1. The average molecular weight is 221 g/mol. The molecule has 15 heavy (non-hydrogen) atoms. The van der Waals surface area contributed by atoms with Crippen LogP contribution in [0.2, 0.25) is 0 Å². The van der Waals surface area contributed by atoms with Gasteiger partial charge in [0.2, 0.25) is 0 Å². The maximum Gasteiger partial charge on any atom is 0.183 e. The maximum atomic E-state index is 5.83. The third-order valence-corrected chi connectivity index (χ3v) is 3.33. The molecule has 4 heteroatoms. The molecule has 2 rings (SSSR count). The number of anilines is 1. The number of fused-ring (bicyclic) bond motifs is 1. The first-order chi connectivity index (χ1) is 7.29. The summed E-state index contributed by atoms with van der Waals surface area (Å²) in [5, 5.41) is 4.23. The number of nitrogens with two attached hydrogens (primary N) is 1. The second kappa shape index (κ2) is 4.59. The van der Waals surface area contributed by atoms with Gasteiger partial charge in [-0.2, -0.15) is 0 Å². The molecule has 0 amide bonds. The highest BCUT2D eigenvalue weighted by Crippen LogP contribution is 2.25. The molecule has 1 atom stereocenters. The molecular weight excluding hydrogens is 206 g/mol. The summed E-state index contributed by atoms with van der Waals surface area (Å²) >= 11 is 1.67. The van der Waals surface area contributed by atoms with E-state index in [4.69, 9.17) is 5.73 Å². The van der Waals surface area contributed by atoms with Crippen molar-refractivity contribution in [2.45, 2.75) is 19.4 Å². The number of aromatic nitrogens is 1. The average Bonchev–Trinajstić information content (AvgIpc) is 2.68. The van der Waals surface area contributed by atoms with Gasteiger partial charge in [-0.15, -0.1) is 0 Å². The Morgan fingerprint density at radius 3 is 3.00 bits per heavy atom. The topological polar surface area (TPSA) is 50.9 Å². The molecule has 0 saturated heterocycles. The highest BCUT2D eigenvalue weighted by Gasteiger charge is 2.03. The molecule has 1 heterocycles. The zero-order valence-electron chi connectivity index (χ0n) is 8.73. The van der Waals surface area contributed by atoms with Crippen molar-refractivity contribution in [2.75, 3.05) is 11.9 Å². The fraction of sp³-hybridized carbons (Fsp3) is 0.364. The van der Waals surface area contributed by atoms with Crippen LogP contribution in [0.5, 0.6) is 0 Å². The van der Waals surface area contributed by atoms with E-state index in [0.29, 0.717) is 0 Å². The van der Waals surface area contributed by atoms with Crippen molar-refractivity contribution in [3.63, 3.8) is 0 Å². The minimum absolute atomic E-state index is 0.206. The Labute approximate surface area is 93.3 Å². The zero-order valence-corrected chi connectivity index (χ0v) is 9.55. The van der Waals surface area contributed by atoms with Crippen molar-refractivity contribution in [3.05, 3.63) is 24.3 Å². The van der Waals surface area contributed by atoms with E-state index in [-0.39, 0.29) is 6.04 Å². The van der Waals surface area contributed by atoms with E-state index in [9.17, 15) is 0 Å². The molecule has 3 N–H and O–H groups in total. The van der Waals surface area contributed by atoms with Crippen LogP contribution in [0.3, 0.4) is 0 Å². The minimum Gasteiger partial charge on any atom is -0.360 e. The van der Waals surface area contributed by atoms with Crippen molar-refractivity contribution in [2.24, 2.45) is 5.73 Å². The molecule has 2 aromatic rings. The van der Waals surface area contributed by atoms with Crippen molar-refractivity contribution in [1.29, 1.82) is 0 Å². The predicted molar refractivity (Wildman–Crippen MR) is 66.4 cm³/mol. The third-order valence-electron chi connectivity index (χ3n) is 2.33.